The average Bonchev–Trinajstić information content (AvgIpc) is 2.57. The van der Waals surface area contributed by atoms with E-state index in [9.17, 15) is 8.42 Å². The zero-order chi connectivity index (χ0) is 11.1. The largest absolute Gasteiger partial charge is 0.335 e. The van der Waals surface area contributed by atoms with Crippen molar-refractivity contribution in [3.63, 3.8) is 0 Å². The molecule has 1 unspecified atom stereocenters. The topological polar surface area (TPSA) is 54.9 Å². The number of aromatic amines is 1. The lowest BCUT2D eigenvalue weighted by Gasteiger charge is -2.07. The molecule has 0 aromatic carbocycles. The molecular formula is C9H14N2O2S2. The number of aromatic nitrogens is 2. The molecule has 0 radical (unpaired) electrons. The number of hydrogen-bond donors (Lipinski definition) is 1. The van der Waals surface area contributed by atoms with Crippen molar-refractivity contribution in [2.45, 2.75) is 19.9 Å². The van der Waals surface area contributed by atoms with Crippen LogP contribution in [0.3, 0.4) is 0 Å². The Balaban J connectivity index is 2.11. The Bertz CT molecular complexity index is 512. The summed E-state index contributed by atoms with van der Waals surface area (Å²) in [5, 5.41) is 0. The summed E-state index contributed by atoms with van der Waals surface area (Å²) in [7, 11) is -2.78. The monoisotopic (exact) mass is 246 g/mol. The fourth-order valence-electron chi connectivity index (χ4n) is 1.99. The van der Waals surface area contributed by atoms with Crippen molar-refractivity contribution >= 4 is 22.1 Å². The molecule has 6 heteroatoms. The van der Waals surface area contributed by atoms with Crippen LogP contribution in [0.1, 0.15) is 12.1 Å². The molecule has 1 aliphatic rings. The van der Waals surface area contributed by atoms with Crippen LogP contribution < -0.4 is 0 Å². The molecule has 1 aromatic heterocycles. The fraction of sp³-hybridized carbons (Fsp3) is 0.667. The summed E-state index contributed by atoms with van der Waals surface area (Å²) in [6, 6.07) is 0. The Hall–Kier alpha value is -0.620. The van der Waals surface area contributed by atoms with Crippen LogP contribution in [-0.4, -0.2) is 29.5 Å². The third kappa shape index (κ3) is 2.49. The molecule has 15 heavy (non-hydrogen) atoms. The van der Waals surface area contributed by atoms with Gasteiger partial charge in [0.15, 0.2) is 14.6 Å². The lowest BCUT2D eigenvalue weighted by atomic mass is 10.1. The van der Waals surface area contributed by atoms with Crippen molar-refractivity contribution in [3.05, 3.63) is 16.7 Å². The summed E-state index contributed by atoms with van der Waals surface area (Å²) in [4.78, 5) is 3.03. The molecule has 1 aromatic rings. The van der Waals surface area contributed by atoms with Gasteiger partial charge in [0, 0.05) is 18.4 Å². The maximum absolute atomic E-state index is 11.3. The normalized spacial score (nSPS) is 24.5. The Morgan fingerprint density at radius 1 is 1.67 bits per heavy atom. The summed E-state index contributed by atoms with van der Waals surface area (Å²) in [5.74, 6) is 0.852. The molecule has 0 saturated carbocycles. The Morgan fingerprint density at radius 2 is 2.40 bits per heavy atom. The van der Waals surface area contributed by atoms with Crippen LogP contribution in [0.5, 0.6) is 0 Å². The average molecular weight is 246 g/mol. The molecule has 2 rings (SSSR count). The lowest BCUT2D eigenvalue weighted by molar-refractivity contribution is 0.487. The molecule has 4 nitrogen and oxygen atoms in total. The first kappa shape index (κ1) is 10.9. The second-order valence-corrected chi connectivity index (χ2v) is 6.78. The number of rotatable bonds is 2. The van der Waals surface area contributed by atoms with Crippen LogP contribution in [0, 0.1) is 17.6 Å². The molecule has 1 saturated heterocycles. The van der Waals surface area contributed by atoms with Gasteiger partial charge in [0.2, 0.25) is 0 Å². The highest BCUT2D eigenvalue weighted by Gasteiger charge is 2.27. The van der Waals surface area contributed by atoms with E-state index < -0.39 is 9.84 Å². The molecule has 0 spiro atoms. The van der Waals surface area contributed by atoms with Crippen LogP contribution in [0.25, 0.3) is 0 Å². The standard InChI is InChI=1S/C9H14N2O2S2/c1-7-4-11(9(14)10-7)5-8-2-3-15(12,13)6-8/h4,8H,2-3,5-6H2,1H3,(H,10,14). The molecule has 1 N–H and O–H groups in total. The molecule has 1 aliphatic heterocycles. The molecule has 1 atom stereocenters. The molecule has 2 heterocycles. The van der Waals surface area contributed by atoms with Gasteiger partial charge in [-0.25, -0.2) is 8.42 Å². The molecule has 0 aliphatic carbocycles. The number of hydrogen-bond acceptors (Lipinski definition) is 3. The molecular weight excluding hydrogens is 232 g/mol. The van der Waals surface area contributed by atoms with E-state index >= 15 is 0 Å². The van der Waals surface area contributed by atoms with E-state index in [0.29, 0.717) is 22.8 Å². The number of nitrogens with one attached hydrogen (secondary N) is 1. The summed E-state index contributed by atoms with van der Waals surface area (Å²) in [5.41, 5.74) is 1.01. The van der Waals surface area contributed by atoms with Crippen LogP contribution >= 0.6 is 12.2 Å². The van der Waals surface area contributed by atoms with Crippen molar-refractivity contribution in [1.82, 2.24) is 9.55 Å². The highest BCUT2D eigenvalue weighted by molar-refractivity contribution is 7.91. The van der Waals surface area contributed by atoms with Crippen molar-refractivity contribution in [1.29, 1.82) is 0 Å². The van der Waals surface area contributed by atoms with Crippen LogP contribution in [-0.2, 0) is 16.4 Å². The number of aryl methyl sites for hydroxylation is 1. The van der Waals surface area contributed by atoms with Crippen molar-refractivity contribution < 1.29 is 8.42 Å². The Labute approximate surface area is 94.2 Å². The van der Waals surface area contributed by atoms with Gasteiger partial charge in [0.25, 0.3) is 0 Å². The SMILES string of the molecule is Cc1cn(CC2CCS(=O)(=O)C2)c(=S)[nH]1. The van der Waals surface area contributed by atoms with Gasteiger partial charge < -0.3 is 9.55 Å². The van der Waals surface area contributed by atoms with E-state index in [2.05, 4.69) is 4.98 Å². The minimum atomic E-state index is -2.78. The minimum Gasteiger partial charge on any atom is -0.335 e. The van der Waals surface area contributed by atoms with E-state index in [-0.39, 0.29) is 5.92 Å². The smallest absolute Gasteiger partial charge is 0.177 e. The maximum Gasteiger partial charge on any atom is 0.177 e. The highest BCUT2D eigenvalue weighted by atomic mass is 32.2. The van der Waals surface area contributed by atoms with E-state index in [1.54, 1.807) is 0 Å². The molecule has 0 amide bonds. The Kier molecular flexibility index (Phi) is 2.72. The molecule has 84 valence electrons. The number of sulfone groups is 1. The number of nitrogens with zero attached hydrogens (tertiary/aromatic N) is 1. The zero-order valence-electron chi connectivity index (χ0n) is 8.56. The van der Waals surface area contributed by atoms with Gasteiger partial charge in [-0.05, 0) is 31.5 Å². The quantitative estimate of drug-likeness (QED) is 0.800. The first-order valence-corrected chi connectivity index (χ1v) is 7.16. The first-order valence-electron chi connectivity index (χ1n) is 4.93. The van der Waals surface area contributed by atoms with Crippen LogP contribution in [0.15, 0.2) is 6.20 Å². The van der Waals surface area contributed by atoms with E-state index in [4.69, 9.17) is 12.2 Å². The van der Waals surface area contributed by atoms with Gasteiger partial charge in [-0.15, -0.1) is 0 Å². The first-order chi connectivity index (χ1) is 6.96. The van der Waals surface area contributed by atoms with Gasteiger partial charge in [0.05, 0.1) is 11.5 Å². The van der Waals surface area contributed by atoms with Gasteiger partial charge in [-0.3, -0.25) is 0 Å². The van der Waals surface area contributed by atoms with E-state index in [1.165, 1.54) is 0 Å². The van der Waals surface area contributed by atoms with E-state index in [0.717, 1.165) is 12.1 Å². The van der Waals surface area contributed by atoms with E-state index in [1.807, 2.05) is 17.7 Å². The zero-order valence-corrected chi connectivity index (χ0v) is 10.2. The number of H-pyrrole nitrogens is 1. The predicted octanol–water partition coefficient (Wildman–Crippen LogP) is 1.29. The van der Waals surface area contributed by atoms with Gasteiger partial charge in [-0.2, -0.15) is 0 Å². The van der Waals surface area contributed by atoms with Crippen molar-refractivity contribution in [2.75, 3.05) is 11.5 Å². The molecule has 0 bridgehead atoms. The van der Waals surface area contributed by atoms with Crippen LogP contribution in [0.2, 0.25) is 0 Å². The minimum absolute atomic E-state index is 0.219. The molecule has 1 fully saturated rings. The van der Waals surface area contributed by atoms with Crippen molar-refractivity contribution in [3.8, 4) is 0 Å². The van der Waals surface area contributed by atoms with Gasteiger partial charge in [-0.1, -0.05) is 0 Å². The third-order valence-corrected chi connectivity index (χ3v) is 4.87. The lowest BCUT2D eigenvalue weighted by Crippen LogP contribution is -2.11. The van der Waals surface area contributed by atoms with Crippen molar-refractivity contribution in [2.24, 2.45) is 5.92 Å². The number of imidazole rings is 1. The van der Waals surface area contributed by atoms with Gasteiger partial charge in [0.1, 0.15) is 0 Å². The summed E-state index contributed by atoms with van der Waals surface area (Å²) < 4.78 is 25.2. The second-order valence-electron chi connectivity index (χ2n) is 4.16. The second kappa shape index (κ2) is 3.75. The fourth-order valence-corrected chi connectivity index (χ4v) is 4.13. The van der Waals surface area contributed by atoms with Crippen LogP contribution in [0.4, 0.5) is 0 Å². The maximum atomic E-state index is 11.3. The summed E-state index contributed by atoms with van der Waals surface area (Å²) >= 11 is 5.12. The van der Waals surface area contributed by atoms with Gasteiger partial charge >= 0.3 is 0 Å². The highest BCUT2D eigenvalue weighted by Crippen LogP contribution is 2.20. The Morgan fingerprint density at radius 3 is 2.87 bits per heavy atom. The summed E-state index contributed by atoms with van der Waals surface area (Å²) in [6.45, 7) is 2.65. The third-order valence-electron chi connectivity index (χ3n) is 2.70. The summed E-state index contributed by atoms with van der Waals surface area (Å²) in [6.07, 6.45) is 2.70. The predicted molar refractivity (Wildman–Crippen MR) is 61.1 cm³/mol.